The van der Waals surface area contributed by atoms with Gasteiger partial charge in [0, 0.05) is 0 Å². The Morgan fingerprint density at radius 3 is 2.32 bits per heavy atom. The molecule has 0 radical (unpaired) electrons. The number of quaternary nitrogens is 2. The van der Waals surface area contributed by atoms with Crippen molar-refractivity contribution in [2.45, 2.75) is 12.7 Å². The molecular weight excluding hydrogens is 453 g/mol. The minimum atomic E-state index is -4.94. The van der Waals surface area contributed by atoms with Gasteiger partial charge in [-0.3, -0.25) is 4.79 Å². The van der Waals surface area contributed by atoms with Crippen molar-refractivity contribution in [1.82, 2.24) is 0 Å². The molecule has 0 saturated carbocycles. The number of nitrogens with one attached hydrogen (secondary N) is 2. The van der Waals surface area contributed by atoms with Gasteiger partial charge in [-0.1, -0.05) is 6.07 Å². The number of ether oxygens (including phenoxy) is 2. The molecule has 1 saturated heterocycles. The smallest absolute Gasteiger partial charge is 0.450 e. The van der Waals surface area contributed by atoms with Gasteiger partial charge in [-0.05, 0) is 29.8 Å². The number of benzene rings is 2. The van der Waals surface area contributed by atoms with E-state index in [1.165, 1.54) is 49.5 Å². The van der Waals surface area contributed by atoms with Gasteiger partial charge in [-0.15, -0.1) is 0 Å². The molecule has 2 aromatic carbocycles. The predicted octanol–water partition coefficient (Wildman–Crippen LogP) is 1.11. The molecule has 10 heteroatoms. The van der Waals surface area contributed by atoms with Crippen LogP contribution in [0.3, 0.4) is 0 Å². The summed E-state index contributed by atoms with van der Waals surface area (Å²) in [5.41, 5.74) is -1.50. The number of halogens is 3. The second kappa shape index (κ2) is 9.19. The van der Waals surface area contributed by atoms with Gasteiger partial charge in [-0.25, -0.2) is 0 Å². The zero-order valence-corrected chi connectivity index (χ0v) is 19.1. The molecule has 4 rings (SSSR count). The van der Waals surface area contributed by atoms with E-state index in [1.807, 2.05) is 0 Å². The van der Waals surface area contributed by atoms with Crippen LogP contribution in [0.25, 0.3) is 22.1 Å². The van der Waals surface area contributed by atoms with Gasteiger partial charge in [0.2, 0.25) is 11.2 Å². The average molecular weight is 480 g/mol. The Morgan fingerprint density at radius 2 is 1.71 bits per heavy atom. The highest BCUT2D eigenvalue weighted by Crippen LogP contribution is 2.40. The number of alkyl halides is 3. The number of rotatable bonds is 5. The first kappa shape index (κ1) is 23.9. The van der Waals surface area contributed by atoms with E-state index in [9.17, 15) is 23.1 Å². The molecule has 0 spiro atoms. The SMILES string of the molecule is COc1ccc(-c2c(C(F)(F)F)oc3c(C[NH+]4CC[NH+](C)CC4)c(O)ccc3c2=O)cc1OC. The van der Waals surface area contributed by atoms with Crippen molar-refractivity contribution in [1.29, 1.82) is 0 Å². The molecule has 0 amide bonds. The quantitative estimate of drug-likeness (QED) is 0.510. The van der Waals surface area contributed by atoms with Crippen molar-refractivity contribution < 1.29 is 42.0 Å². The fourth-order valence-electron chi connectivity index (χ4n) is 4.39. The molecule has 2 heterocycles. The highest BCUT2D eigenvalue weighted by Gasteiger charge is 2.40. The zero-order chi connectivity index (χ0) is 24.6. The maximum absolute atomic E-state index is 14.1. The summed E-state index contributed by atoms with van der Waals surface area (Å²) in [6, 6.07) is 6.73. The van der Waals surface area contributed by atoms with Crippen LogP contribution in [0.4, 0.5) is 13.2 Å². The Hall–Kier alpha value is -3.24. The van der Waals surface area contributed by atoms with Gasteiger partial charge < -0.3 is 28.8 Å². The van der Waals surface area contributed by atoms with Crippen molar-refractivity contribution >= 4 is 11.0 Å². The molecule has 182 valence electrons. The van der Waals surface area contributed by atoms with Crippen molar-refractivity contribution in [3.05, 3.63) is 51.9 Å². The van der Waals surface area contributed by atoms with Crippen molar-refractivity contribution in [3.8, 4) is 28.4 Å². The summed E-state index contributed by atoms with van der Waals surface area (Å²) >= 11 is 0. The summed E-state index contributed by atoms with van der Waals surface area (Å²) in [5, 5.41) is 10.5. The van der Waals surface area contributed by atoms with Crippen LogP contribution >= 0.6 is 0 Å². The number of fused-ring (bicyclic) bond motifs is 1. The largest absolute Gasteiger partial charge is 0.507 e. The summed E-state index contributed by atoms with van der Waals surface area (Å²) in [6.45, 7) is 3.65. The summed E-state index contributed by atoms with van der Waals surface area (Å²) in [4.78, 5) is 15.9. The molecule has 0 bridgehead atoms. The monoisotopic (exact) mass is 480 g/mol. The van der Waals surface area contributed by atoms with E-state index in [4.69, 9.17) is 13.9 Å². The van der Waals surface area contributed by atoms with E-state index in [0.717, 1.165) is 31.1 Å². The topological polar surface area (TPSA) is 77.8 Å². The molecule has 3 aromatic rings. The number of likely N-dealkylation sites (N-methyl/N-ethyl adjacent to an activating group) is 1. The van der Waals surface area contributed by atoms with Crippen LogP contribution in [0.1, 0.15) is 11.3 Å². The number of aromatic hydroxyl groups is 1. The van der Waals surface area contributed by atoms with E-state index in [2.05, 4.69) is 7.05 Å². The van der Waals surface area contributed by atoms with E-state index >= 15 is 0 Å². The third-order valence-electron chi connectivity index (χ3n) is 6.31. The Labute approximate surface area is 193 Å². The first-order valence-electron chi connectivity index (χ1n) is 10.9. The van der Waals surface area contributed by atoms with Crippen LogP contribution < -0.4 is 24.7 Å². The minimum Gasteiger partial charge on any atom is -0.507 e. The second-order valence-corrected chi connectivity index (χ2v) is 8.53. The summed E-state index contributed by atoms with van der Waals surface area (Å²) in [7, 11) is 4.84. The van der Waals surface area contributed by atoms with Crippen LogP contribution in [0.5, 0.6) is 17.2 Å². The molecule has 0 aliphatic carbocycles. The van der Waals surface area contributed by atoms with Crippen LogP contribution in [0.15, 0.2) is 39.5 Å². The van der Waals surface area contributed by atoms with Gasteiger partial charge in [0.05, 0.1) is 37.8 Å². The molecule has 1 aromatic heterocycles. The fourth-order valence-corrected chi connectivity index (χ4v) is 4.39. The fraction of sp³-hybridized carbons (Fsp3) is 0.375. The molecule has 0 atom stereocenters. The molecule has 1 fully saturated rings. The zero-order valence-electron chi connectivity index (χ0n) is 19.1. The Balaban J connectivity index is 1.93. The lowest BCUT2D eigenvalue weighted by Gasteiger charge is -2.27. The second-order valence-electron chi connectivity index (χ2n) is 8.53. The van der Waals surface area contributed by atoms with E-state index in [1.54, 1.807) is 0 Å². The van der Waals surface area contributed by atoms with Crippen molar-refractivity contribution in [2.75, 3.05) is 47.4 Å². The van der Waals surface area contributed by atoms with Crippen LogP contribution in [0, 0.1) is 0 Å². The van der Waals surface area contributed by atoms with Gasteiger partial charge in [0.1, 0.15) is 38.5 Å². The number of piperazine rings is 1. The summed E-state index contributed by atoms with van der Waals surface area (Å²) in [5.74, 6) is -1.11. The average Bonchev–Trinajstić information content (AvgIpc) is 2.81. The lowest BCUT2D eigenvalue weighted by atomic mass is 9.99. The lowest BCUT2D eigenvalue weighted by molar-refractivity contribution is -1.01. The van der Waals surface area contributed by atoms with E-state index in [0.29, 0.717) is 5.75 Å². The van der Waals surface area contributed by atoms with Crippen LogP contribution in [0.2, 0.25) is 0 Å². The van der Waals surface area contributed by atoms with Crippen molar-refractivity contribution in [2.24, 2.45) is 0 Å². The standard InChI is InChI=1S/C24H25F3N2O5/c1-28-8-10-29(11-9-28)13-16-17(30)6-5-15-21(31)20(23(24(25,26)27)34-22(15)16)14-4-7-18(32-2)19(12-14)33-3/h4-7,12,30H,8-11,13H2,1-3H3/p+2. The first-order valence-corrected chi connectivity index (χ1v) is 10.9. The van der Waals surface area contributed by atoms with E-state index in [-0.39, 0.29) is 40.1 Å². The molecule has 7 nitrogen and oxygen atoms in total. The molecule has 0 unspecified atom stereocenters. The highest BCUT2D eigenvalue weighted by atomic mass is 19.4. The summed E-state index contributed by atoms with van der Waals surface area (Å²) < 4.78 is 58.2. The Bertz CT molecular complexity index is 1260. The maximum atomic E-state index is 14.1. The maximum Gasteiger partial charge on any atom is 0.450 e. The van der Waals surface area contributed by atoms with Crippen LogP contribution in [-0.4, -0.2) is 52.6 Å². The van der Waals surface area contributed by atoms with Gasteiger partial charge in [0.25, 0.3) is 0 Å². The number of methoxy groups -OCH3 is 2. The van der Waals surface area contributed by atoms with Gasteiger partial charge in [0.15, 0.2) is 17.1 Å². The normalized spacial score (nSPS) is 18.8. The molecule has 34 heavy (non-hydrogen) atoms. The molecule has 1 aliphatic heterocycles. The minimum absolute atomic E-state index is 0.0112. The number of hydrogen-bond donors (Lipinski definition) is 3. The molecular formula is C24H27F3N2O5+2. The number of phenolic OH excluding ortho intramolecular Hbond substituents is 1. The third kappa shape index (κ3) is 4.43. The third-order valence-corrected chi connectivity index (χ3v) is 6.31. The Morgan fingerprint density at radius 1 is 1.03 bits per heavy atom. The predicted molar refractivity (Wildman–Crippen MR) is 119 cm³/mol. The van der Waals surface area contributed by atoms with Gasteiger partial charge in [-0.2, -0.15) is 13.2 Å². The van der Waals surface area contributed by atoms with E-state index < -0.39 is 22.9 Å². The molecule has 3 N–H and O–H groups in total. The van der Waals surface area contributed by atoms with Crippen LogP contribution in [-0.2, 0) is 12.7 Å². The summed E-state index contributed by atoms with van der Waals surface area (Å²) in [6.07, 6.45) is -4.94. The van der Waals surface area contributed by atoms with Crippen molar-refractivity contribution in [3.63, 3.8) is 0 Å². The lowest BCUT2D eigenvalue weighted by Crippen LogP contribution is -3.26. The molecule has 1 aliphatic rings. The Kier molecular flexibility index (Phi) is 6.46. The number of phenols is 1. The highest BCUT2D eigenvalue weighted by molar-refractivity contribution is 5.87. The van der Waals surface area contributed by atoms with Gasteiger partial charge >= 0.3 is 6.18 Å². The number of hydrogen-bond acceptors (Lipinski definition) is 5. The first-order chi connectivity index (χ1) is 16.1.